The van der Waals surface area contributed by atoms with Gasteiger partial charge in [0, 0.05) is 18.6 Å². The highest BCUT2D eigenvalue weighted by Gasteiger charge is 2.16. The van der Waals surface area contributed by atoms with Crippen LogP contribution in [0.3, 0.4) is 0 Å². The van der Waals surface area contributed by atoms with Crippen molar-refractivity contribution in [1.29, 1.82) is 5.41 Å². The zero-order valence-electron chi connectivity index (χ0n) is 8.98. The monoisotopic (exact) mass is 187 g/mol. The lowest BCUT2D eigenvalue weighted by Crippen LogP contribution is -1.94. The van der Waals surface area contributed by atoms with Crippen LogP contribution in [0.5, 0.6) is 0 Å². The molecular formula is C13H17N. The fourth-order valence-electron chi connectivity index (χ4n) is 2.30. The van der Waals surface area contributed by atoms with Gasteiger partial charge in [0.1, 0.15) is 0 Å². The van der Waals surface area contributed by atoms with E-state index in [0.717, 1.165) is 31.4 Å². The van der Waals surface area contributed by atoms with Crippen molar-refractivity contribution in [2.45, 2.75) is 39.5 Å². The molecule has 0 spiro atoms. The van der Waals surface area contributed by atoms with Gasteiger partial charge in [-0.1, -0.05) is 26.0 Å². The maximum Gasteiger partial charge on any atom is 0.0177 e. The maximum atomic E-state index is 7.69. The topological polar surface area (TPSA) is 23.9 Å². The van der Waals surface area contributed by atoms with Gasteiger partial charge in [-0.05, 0) is 35.1 Å². The summed E-state index contributed by atoms with van der Waals surface area (Å²) in [6.07, 6.45) is 3.99. The van der Waals surface area contributed by atoms with Gasteiger partial charge in [-0.25, -0.2) is 0 Å². The van der Waals surface area contributed by atoms with Crippen LogP contribution in [0, 0.1) is 5.41 Å². The van der Waals surface area contributed by atoms with E-state index in [-0.39, 0.29) is 0 Å². The summed E-state index contributed by atoms with van der Waals surface area (Å²) in [4.78, 5) is 0. The fourth-order valence-corrected chi connectivity index (χ4v) is 2.30. The summed E-state index contributed by atoms with van der Waals surface area (Å²) in [6, 6.07) is 4.63. The largest absolute Gasteiger partial charge is 0.309 e. The molecule has 1 N–H and O–H groups in total. The van der Waals surface area contributed by atoms with E-state index >= 15 is 0 Å². The van der Waals surface area contributed by atoms with E-state index in [4.69, 9.17) is 5.41 Å². The van der Waals surface area contributed by atoms with Crippen LogP contribution < -0.4 is 0 Å². The van der Waals surface area contributed by atoms with E-state index in [0.29, 0.717) is 0 Å². The third-order valence-electron chi connectivity index (χ3n) is 3.09. The highest BCUT2D eigenvalue weighted by Crippen LogP contribution is 2.24. The van der Waals surface area contributed by atoms with Crippen molar-refractivity contribution in [1.82, 2.24) is 0 Å². The third-order valence-corrected chi connectivity index (χ3v) is 3.09. The fraction of sp³-hybridized carbons (Fsp3) is 0.462. The minimum Gasteiger partial charge on any atom is -0.309 e. The maximum absolute atomic E-state index is 7.69. The Morgan fingerprint density at radius 3 is 1.79 bits per heavy atom. The molecule has 0 aromatic heterocycles. The molecular weight excluding hydrogens is 170 g/mol. The summed E-state index contributed by atoms with van der Waals surface area (Å²) < 4.78 is 0. The Labute approximate surface area is 85.7 Å². The van der Waals surface area contributed by atoms with Crippen molar-refractivity contribution >= 4 is 5.71 Å². The summed E-state index contributed by atoms with van der Waals surface area (Å²) in [5.41, 5.74) is 6.60. The zero-order valence-corrected chi connectivity index (χ0v) is 8.98. The SMILES string of the molecule is CCc1cc2c(cc1CC)CC(=N)C2. The second-order valence-electron chi connectivity index (χ2n) is 4.05. The minimum absolute atomic E-state index is 0.871. The lowest BCUT2D eigenvalue weighted by molar-refractivity contribution is 1.02. The Morgan fingerprint density at radius 1 is 1.00 bits per heavy atom. The molecule has 0 radical (unpaired) electrons. The van der Waals surface area contributed by atoms with Gasteiger partial charge in [0.25, 0.3) is 0 Å². The van der Waals surface area contributed by atoms with Gasteiger partial charge < -0.3 is 5.41 Å². The molecule has 0 unspecified atom stereocenters. The van der Waals surface area contributed by atoms with Crippen LogP contribution in [0.1, 0.15) is 36.1 Å². The number of fused-ring (bicyclic) bond motifs is 1. The Morgan fingerprint density at radius 2 is 1.43 bits per heavy atom. The van der Waals surface area contributed by atoms with Gasteiger partial charge >= 0.3 is 0 Å². The van der Waals surface area contributed by atoms with Crippen LogP contribution in [0.25, 0.3) is 0 Å². The molecule has 0 fully saturated rings. The molecule has 2 rings (SSSR count). The summed E-state index contributed by atoms with van der Waals surface area (Å²) in [5, 5.41) is 7.69. The Hall–Kier alpha value is -1.11. The van der Waals surface area contributed by atoms with Crippen molar-refractivity contribution in [3.8, 4) is 0 Å². The lowest BCUT2D eigenvalue weighted by atomic mass is 9.97. The molecule has 74 valence electrons. The third kappa shape index (κ3) is 1.47. The Kier molecular flexibility index (Phi) is 2.40. The normalized spacial score (nSPS) is 14.6. The molecule has 1 heteroatoms. The van der Waals surface area contributed by atoms with Gasteiger partial charge in [0.2, 0.25) is 0 Å². The number of rotatable bonds is 2. The second kappa shape index (κ2) is 3.56. The summed E-state index contributed by atoms with van der Waals surface area (Å²) in [7, 11) is 0. The van der Waals surface area contributed by atoms with Crippen molar-refractivity contribution in [2.75, 3.05) is 0 Å². The van der Waals surface area contributed by atoms with Crippen LogP contribution in [0.2, 0.25) is 0 Å². The summed E-state index contributed by atoms with van der Waals surface area (Å²) in [5.74, 6) is 0. The van der Waals surface area contributed by atoms with E-state index < -0.39 is 0 Å². The number of aryl methyl sites for hydroxylation is 2. The van der Waals surface area contributed by atoms with Crippen LogP contribution in [0.15, 0.2) is 12.1 Å². The molecule has 1 aliphatic carbocycles. The first-order chi connectivity index (χ1) is 6.74. The number of benzene rings is 1. The Balaban J connectivity index is 2.48. The van der Waals surface area contributed by atoms with Crippen LogP contribution in [-0.4, -0.2) is 5.71 Å². The average Bonchev–Trinajstić information content (AvgIpc) is 2.54. The van der Waals surface area contributed by atoms with Crippen molar-refractivity contribution in [2.24, 2.45) is 0 Å². The molecule has 1 aromatic carbocycles. The molecule has 0 heterocycles. The van der Waals surface area contributed by atoms with Gasteiger partial charge in [0.05, 0.1) is 0 Å². The second-order valence-corrected chi connectivity index (χ2v) is 4.05. The lowest BCUT2D eigenvalue weighted by Gasteiger charge is -2.08. The predicted molar refractivity (Wildman–Crippen MR) is 60.3 cm³/mol. The van der Waals surface area contributed by atoms with Crippen LogP contribution in [-0.2, 0) is 25.7 Å². The minimum atomic E-state index is 0.871. The first-order valence-electron chi connectivity index (χ1n) is 5.44. The van der Waals surface area contributed by atoms with E-state index in [1.165, 1.54) is 22.3 Å². The number of hydrogen-bond donors (Lipinski definition) is 1. The molecule has 14 heavy (non-hydrogen) atoms. The smallest absolute Gasteiger partial charge is 0.0177 e. The summed E-state index contributed by atoms with van der Waals surface area (Å²) in [6.45, 7) is 4.42. The quantitative estimate of drug-likeness (QED) is 0.736. The van der Waals surface area contributed by atoms with Crippen molar-refractivity contribution in [3.63, 3.8) is 0 Å². The molecule has 0 aliphatic heterocycles. The van der Waals surface area contributed by atoms with Gasteiger partial charge in [-0.2, -0.15) is 0 Å². The molecule has 0 saturated carbocycles. The molecule has 1 aliphatic rings. The first-order valence-corrected chi connectivity index (χ1v) is 5.44. The zero-order chi connectivity index (χ0) is 10.1. The molecule has 1 nitrogen and oxygen atoms in total. The van der Waals surface area contributed by atoms with E-state index in [1.54, 1.807) is 0 Å². The van der Waals surface area contributed by atoms with Gasteiger partial charge in [0.15, 0.2) is 0 Å². The van der Waals surface area contributed by atoms with Crippen molar-refractivity contribution in [3.05, 3.63) is 34.4 Å². The molecule has 1 aromatic rings. The van der Waals surface area contributed by atoms with E-state index in [2.05, 4.69) is 26.0 Å². The number of hydrogen-bond acceptors (Lipinski definition) is 1. The van der Waals surface area contributed by atoms with Crippen LogP contribution >= 0.6 is 0 Å². The van der Waals surface area contributed by atoms with E-state index in [1.807, 2.05) is 0 Å². The first kappa shape index (κ1) is 9.45. The highest BCUT2D eigenvalue weighted by atomic mass is 14.4. The Bertz CT molecular complexity index is 342. The average molecular weight is 187 g/mol. The van der Waals surface area contributed by atoms with Crippen LogP contribution in [0.4, 0.5) is 0 Å². The van der Waals surface area contributed by atoms with Crippen molar-refractivity contribution < 1.29 is 0 Å². The van der Waals surface area contributed by atoms with Gasteiger partial charge in [-0.15, -0.1) is 0 Å². The highest BCUT2D eigenvalue weighted by molar-refractivity contribution is 5.90. The van der Waals surface area contributed by atoms with E-state index in [9.17, 15) is 0 Å². The molecule has 0 atom stereocenters. The summed E-state index contributed by atoms with van der Waals surface area (Å²) >= 11 is 0. The molecule has 0 saturated heterocycles. The number of nitrogens with one attached hydrogen (secondary N) is 1. The predicted octanol–water partition coefficient (Wildman–Crippen LogP) is 2.93. The standard InChI is InChI=1S/C13H17N/c1-3-9-5-11-7-13(14)8-12(11)6-10(9)4-2/h5-6,14H,3-4,7-8H2,1-2H3. The van der Waals surface area contributed by atoms with Gasteiger partial charge in [-0.3, -0.25) is 0 Å². The molecule has 0 bridgehead atoms. The molecule has 0 amide bonds.